The average Bonchev–Trinajstić information content (AvgIpc) is 3.01. The van der Waals surface area contributed by atoms with Crippen molar-refractivity contribution in [3.8, 4) is 0 Å². The Morgan fingerprint density at radius 1 is 1.23 bits per heavy atom. The van der Waals surface area contributed by atoms with Gasteiger partial charge in [0, 0.05) is 31.8 Å². The molecule has 0 amide bonds. The first-order valence-corrected chi connectivity index (χ1v) is 11.9. The number of unbranched alkanes of at least 4 members (excludes halogenated alkanes) is 1. The van der Waals surface area contributed by atoms with Crippen molar-refractivity contribution in [1.29, 1.82) is 0 Å². The van der Waals surface area contributed by atoms with Crippen LogP contribution < -0.4 is 0 Å². The Kier molecular flexibility index (Phi) is 10.4. The van der Waals surface area contributed by atoms with E-state index in [1.54, 1.807) is 7.11 Å². The lowest BCUT2D eigenvalue weighted by Crippen LogP contribution is -2.42. The predicted molar refractivity (Wildman–Crippen MR) is 123 cm³/mol. The molecule has 0 aromatic heterocycles. The molecule has 0 bridgehead atoms. The zero-order valence-electron chi connectivity index (χ0n) is 19.8. The van der Waals surface area contributed by atoms with Gasteiger partial charge in [0.05, 0.1) is 19.3 Å². The predicted octanol–water partition coefficient (Wildman–Crippen LogP) is 5.02. The maximum atomic E-state index is 12.6. The summed E-state index contributed by atoms with van der Waals surface area (Å²) >= 11 is 0. The van der Waals surface area contributed by atoms with Gasteiger partial charge in [0.1, 0.15) is 5.78 Å². The molecular formula is C26H42O5. The Morgan fingerprint density at radius 2 is 1.97 bits per heavy atom. The van der Waals surface area contributed by atoms with Gasteiger partial charge in [-0.1, -0.05) is 44.6 Å². The molecule has 2 fully saturated rings. The molecule has 0 aromatic carbocycles. The zero-order chi connectivity index (χ0) is 22.9. The number of carbonyl (C=O) groups excluding carboxylic acids is 2. The van der Waals surface area contributed by atoms with Gasteiger partial charge in [-0.3, -0.25) is 9.59 Å². The van der Waals surface area contributed by atoms with Crippen molar-refractivity contribution in [3.05, 3.63) is 24.3 Å². The summed E-state index contributed by atoms with van der Waals surface area (Å²) in [6.07, 6.45) is 16.2. The summed E-state index contributed by atoms with van der Waals surface area (Å²) in [6.45, 7) is 4.45. The number of rotatable bonds is 13. The first-order valence-electron chi connectivity index (χ1n) is 11.9. The topological polar surface area (TPSA) is 72.8 Å². The summed E-state index contributed by atoms with van der Waals surface area (Å²) in [6, 6.07) is 0. The van der Waals surface area contributed by atoms with E-state index >= 15 is 0 Å². The van der Waals surface area contributed by atoms with Crippen molar-refractivity contribution in [2.75, 3.05) is 14.2 Å². The normalized spacial score (nSPS) is 26.6. The zero-order valence-corrected chi connectivity index (χ0v) is 19.8. The highest BCUT2D eigenvalue weighted by atomic mass is 16.5. The number of allylic oxidation sites excluding steroid dienone is 2. The Morgan fingerprint density at radius 3 is 2.55 bits per heavy atom. The maximum absolute atomic E-state index is 12.6. The first kappa shape index (κ1) is 25.8. The second kappa shape index (κ2) is 12.5. The second-order valence-electron chi connectivity index (χ2n) is 9.80. The fraction of sp³-hybridized carbons (Fsp3) is 0.769. The Labute approximate surface area is 188 Å². The fourth-order valence-corrected chi connectivity index (χ4v) is 5.31. The molecule has 0 aliphatic heterocycles. The van der Waals surface area contributed by atoms with Gasteiger partial charge < -0.3 is 14.6 Å². The first-order chi connectivity index (χ1) is 14.8. The molecule has 2 saturated carbocycles. The molecular weight excluding hydrogens is 392 g/mol. The summed E-state index contributed by atoms with van der Waals surface area (Å²) in [5.41, 5.74) is 0.0804. The van der Waals surface area contributed by atoms with Crippen LogP contribution in [0.5, 0.6) is 0 Å². The molecule has 176 valence electrons. The molecule has 1 N–H and O–H groups in total. The van der Waals surface area contributed by atoms with Crippen molar-refractivity contribution < 1.29 is 24.2 Å². The molecule has 2 aliphatic carbocycles. The summed E-state index contributed by atoms with van der Waals surface area (Å²) in [4.78, 5) is 23.7. The van der Waals surface area contributed by atoms with Gasteiger partial charge >= 0.3 is 5.97 Å². The number of esters is 1. The van der Waals surface area contributed by atoms with Crippen LogP contribution in [0, 0.1) is 23.2 Å². The average molecular weight is 435 g/mol. The summed E-state index contributed by atoms with van der Waals surface area (Å²) in [7, 11) is 3.07. The van der Waals surface area contributed by atoms with Crippen LogP contribution in [0.3, 0.4) is 0 Å². The van der Waals surface area contributed by atoms with Gasteiger partial charge in [0.25, 0.3) is 0 Å². The Bertz CT molecular complexity index is 632. The minimum Gasteiger partial charge on any atom is -0.469 e. The van der Waals surface area contributed by atoms with Crippen LogP contribution in [0.2, 0.25) is 0 Å². The number of Topliss-reactive ketones (excluding diaryl/α,β-unsaturated/α-hetero) is 1. The third-order valence-corrected chi connectivity index (χ3v) is 7.14. The maximum Gasteiger partial charge on any atom is 0.305 e. The van der Waals surface area contributed by atoms with E-state index in [-0.39, 0.29) is 41.2 Å². The third-order valence-electron chi connectivity index (χ3n) is 7.14. The van der Waals surface area contributed by atoms with Gasteiger partial charge in [-0.05, 0) is 56.3 Å². The van der Waals surface area contributed by atoms with Crippen molar-refractivity contribution in [2.45, 2.75) is 90.3 Å². The van der Waals surface area contributed by atoms with Crippen LogP contribution in [0.1, 0.15) is 78.1 Å². The van der Waals surface area contributed by atoms with E-state index < -0.39 is 0 Å². The van der Waals surface area contributed by atoms with Gasteiger partial charge in [-0.25, -0.2) is 0 Å². The highest BCUT2D eigenvalue weighted by Crippen LogP contribution is 2.49. The molecule has 2 aliphatic rings. The van der Waals surface area contributed by atoms with Crippen molar-refractivity contribution in [1.82, 2.24) is 0 Å². The highest BCUT2D eigenvalue weighted by molar-refractivity contribution is 5.84. The Hall–Kier alpha value is -1.46. The molecule has 1 unspecified atom stereocenters. The minimum absolute atomic E-state index is 0.0480. The second-order valence-corrected chi connectivity index (χ2v) is 9.80. The van der Waals surface area contributed by atoms with E-state index in [4.69, 9.17) is 4.74 Å². The lowest BCUT2D eigenvalue weighted by Gasteiger charge is -2.46. The van der Waals surface area contributed by atoms with Crippen LogP contribution in [0.4, 0.5) is 0 Å². The number of aliphatic hydroxyl groups excluding tert-OH is 1. The van der Waals surface area contributed by atoms with E-state index in [2.05, 4.69) is 36.8 Å². The smallest absolute Gasteiger partial charge is 0.305 e. The summed E-state index contributed by atoms with van der Waals surface area (Å²) in [5, 5.41) is 10.9. The number of methoxy groups -OCH3 is 2. The number of hydrogen-bond donors (Lipinski definition) is 1. The van der Waals surface area contributed by atoms with E-state index in [0.717, 1.165) is 32.1 Å². The molecule has 0 radical (unpaired) electrons. The molecule has 31 heavy (non-hydrogen) atoms. The third kappa shape index (κ3) is 7.28. The molecule has 0 heterocycles. The van der Waals surface area contributed by atoms with Crippen molar-refractivity contribution >= 4 is 11.8 Å². The molecule has 0 saturated heterocycles. The van der Waals surface area contributed by atoms with E-state index in [0.29, 0.717) is 31.6 Å². The summed E-state index contributed by atoms with van der Waals surface area (Å²) in [5.74, 6) is 0.617. The molecule has 2 rings (SSSR count). The lowest BCUT2D eigenvalue weighted by molar-refractivity contribution is -0.140. The summed E-state index contributed by atoms with van der Waals surface area (Å²) < 4.78 is 10.3. The largest absolute Gasteiger partial charge is 0.469 e. The minimum atomic E-state index is -0.314. The van der Waals surface area contributed by atoms with Crippen LogP contribution in [-0.4, -0.2) is 43.3 Å². The van der Waals surface area contributed by atoms with Crippen LogP contribution in [0.25, 0.3) is 0 Å². The molecule has 0 spiro atoms. The molecule has 5 heteroatoms. The standard InChI is InChI=1S/C26H42O5/c1-19(2)18-26(15-10-16-26)24(28)13-9-12-21-20(22(27)17-23(21)30-3)11-7-5-6-8-14-25(29)31-4/h5,7,9,12,19-21,23-24,28H,6,8,10-11,13-18H2,1-4H3/b7-5-,12-9+/t20-,21-,23-,24?/m1/s1. The number of carbonyl (C=O) groups is 2. The van der Waals surface area contributed by atoms with Gasteiger partial charge in [-0.15, -0.1) is 0 Å². The number of hydrogen-bond acceptors (Lipinski definition) is 5. The highest BCUT2D eigenvalue weighted by Gasteiger charge is 2.43. The number of aliphatic hydroxyl groups is 1. The SMILES string of the molecule is COC(=O)CCC/C=C\C[C@H]1C(=O)C[C@@H](OC)[C@@H]1/C=C/CC(O)C1(CC(C)C)CCC1. The van der Waals surface area contributed by atoms with E-state index in [9.17, 15) is 14.7 Å². The Balaban J connectivity index is 1.90. The molecule has 5 nitrogen and oxygen atoms in total. The number of ether oxygens (including phenoxy) is 2. The fourth-order valence-electron chi connectivity index (χ4n) is 5.31. The van der Waals surface area contributed by atoms with Crippen LogP contribution in [-0.2, 0) is 19.1 Å². The van der Waals surface area contributed by atoms with Gasteiger partial charge in [0.2, 0.25) is 0 Å². The van der Waals surface area contributed by atoms with Gasteiger partial charge in [-0.2, -0.15) is 0 Å². The van der Waals surface area contributed by atoms with E-state index in [1.807, 2.05) is 6.08 Å². The van der Waals surface area contributed by atoms with Gasteiger partial charge in [0.15, 0.2) is 0 Å². The van der Waals surface area contributed by atoms with Crippen LogP contribution >= 0.6 is 0 Å². The van der Waals surface area contributed by atoms with Crippen molar-refractivity contribution in [3.63, 3.8) is 0 Å². The molecule has 0 aromatic rings. The lowest BCUT2D eigenvalue weighted by atomic mass is 9.60. The van der Waals surface area contributed by atoms with E-state index in [1.165, 1.54) is 13.5 Å². The molecule has 4 atom stereocenters. The van der Waals surface area contributed by atoms with Crippen molar-refractivity contribution in [2.24, 2.45) is 23.2 Å². The quantitative estimate of drug-likeness (QED) is 0.250. The van der Waals surface area contributed by atoms with Crippen LogP contribution in [0.15, 0.2) is 24.3 Å². The number of ketones is 1. The monoisotopic (exact) mass is 434 g/mol.